The summed E-state index contributed by atoms with van der Waals surface area (Å²) in [7, 11) is 0. The minimum Gasteiger partial charge on any atom is -0.347 e. The lowest BCUT2D eigenvalue weighted by atomic mass is 9.97. The zero-order chi connectivity index (χ0) is 17.2. The van der Waals surface area contributed by atoms with E-state index >= 15 is 0 Å². The Balaban J connectivity index is 1.41. The summed E-state index contributed by atoms with van der Waals surface area (Å²) in [6.45, 7) is 6.04. The number of aromatic nitrogens is 4. The topological polar surface area (TPSA) is 67.9 Å². The highest BCUT2D eigenvalue weighted by molar-refractivity contribution is 7.18. The normalized spacial score (nSPS) is 15.9. The van der Waals surface area contributed by atoms with Gasteiger partial charge in [0.25, 0.3) is 0 Å². The van der Waals surface area contributed by atoms with E-state index in [2.05, 4.69) is 51.2 Å². The highest BCUT2D eigenvalue weighted by Gasteiger charge is 2.27. The van der Waals surface area contributed by atoms with Gasteiger partial charge < -0.3 is 9.42 Å². The SMILES string of the molecule is CC(C)c1noc(C2CCN(c3nnc(-c4ccccc4)s3)CC2)n1. The summed E-state index contributed by atoms with van der Waals surface area (Å²) in [6.07, 6.45) is 2.00. The van der Waals surface area contributed by atoms with E-state index < -0.39 is 0 Å². The summed E-state index contributed by atoms with van der Waals surface area (Å²) >= 11 is 1.65. The monoisotopic (exact) mass is 355 g/mol. The number of hydrogen-bond donors (Lipinski definition) is 0. The molecule has 0 atom stereocenters. The number of piperidine rings is 1. The molecule has 2 aromatic heterocycles. The summed E-state index contributed by atoms with van der Waals surface area (Å²) < 4.78 is 5.46. The minimum absolute atomic E-state index is 0.301. The zero-order valence-electron chi connectivity index (χ0n) is 14.4. The van der Waals surface area contributed by atoms with Crippen LogP contribution in [-0.4, -0.2) is 33.4 Å². The van der Waals surface area contributed by atoms with Crippen LogP contribution in [0.5, 0.6) is 0 Å². The van der Waals surface area contributed by atoms with E-state index in [-0.39, 0.29) is 0 Å². The predicted molar refractivity (Wildman–Crippen MR) is 97.9 cm³/mol. The Morgan fingerprint density at radius 3 is 2.56 bits per heavy atom. The molecule has 1 aromatic carbocycles. The Morgan fingerprint density at radius 1 is 1.12 bits per heavy atom. The maximum atomic E-state index is 5.46. The Hall–Kier alpha value is -2.28. The lowest BCUT2D eigenvalue weighted by Crippen LogP contribution is -2.32. The molecular weight excluding hydrogens is 334 g/mol. The molecule has 0 aliphatic carbocycles. The van der Waals surface area contributed by atoms with Crippen LogP contribution < -0.4 is 4.90 Å². The fourth-order valence-electron chi connectivity index (χ4n) is 3.01. The lowest BCUT2D eigenvalue weighted by Gasteiger charge is -2.29. The molecule has 7 heteroatoms. The molecule has 0 saturated carbocycles. The van der Waals surface area contributed by atoms with Crippen molar-refractivity contribution in [2.24, 2.45) is 0 Å². The van der Waals surface area contributed by atoms with Gasteiger partial charge >= 0.3 is 0 Å². The molecular formula is C18H21N5OS. The second-order valence-electron chi connectivity index (χ2n) is 6.66. The molecule has 0 N–H and O–H groups in total. The van der Waals surface area contributed by atoms with Crippen molar-refractivity contribution in [3.63, 3.8) is 0 Å². The van der Waals surface area contributed by atoms with Gasteiger partial charge in [-0.2, -0.15) is 4.98 Å². The standard InChI is InChI=1S/C18H21N5OS/c1-12(2)15-19-16(24-22-15)13-8-10-23(11-9-13)18-21-20-17(25-18)14-6-4-3-5-7-14/h3-7,12-13H,8-11H2,1-2H3. The number of anilines is 1. The van der Waals surface area contributed by atoms with Crippen LogP contribution in [0.15, 0.2) is 34.9 Å². The van der Waals surface area contributed by atoms with Crippen molar-refractivity contribution in [1.82, 2.24) is 20.3 Å². The average Bonchev–Trinajstić information content (AvgIpc) is 3.33. The molecule has 0 spiro atoms. The van der Waals surface area contributed by atoms with E-state index in [0.717, 1.165) is 53.3 Å². The zero-order valence-corrected chi connectivity index (χ0v) is 15.2. The molecule has 1 aliphatic rings. The van der Waals surface area contributed by atoms with Crippen molar-refractivity contribution in [3.8, 4) is 10.6 Å². The van der Waals surface area contributed by atoms with Gasteiger partial charge in [-0.1, -0.05) is 60.7 Å². The fourth-order valence-corrected chi connectivity index (χ4v) is 3.91. The van der Waals surface area contributed by atoms with Crippen LogP contribution in [0, 0.1) is 0 Å². The van der Waals surface area contributed by atoms with E-state index in [4.69, 9.17) is 4.52 Å². The first-order valence-electron chi connectivity index (χ1n) is 8.68. The van der Waals surface area contributed by atoms with E-state index in [1.807, 2.05) is 18.2 Å². The quantitative estimate of drug-likeness (QED) is 0.702. The molecule has 3 heterocycles. The average molecular weight is 355 g/mol. The molecule has 1 aliphatic heterocycles. The molecule has 25 heavy (non-hydrogen) atoms. The van der Waals surface area contributed by atoms with Crippen LogP contribution in [0.2, 0.25) is 0 Å². The largest absolute Gasteiger partial charge is 0.347 e. The van der Waals surface area contributed by atoms with Crippen LogP contribution in [0.3, 0.4) is 0 Å². The molecule has 130 valence electrons. The van der Waals surface area contributed by atoms with Gasteiger partial charge in [-0.3, -0.25) is 0 Å². The van der Waals surface area contributed by atoms with Crippen molar-refractivity contribution >= 4 is 16.5 Å². The van der Waals surface area contributed by atoms with Gasteiger partial charge in [0.05, 0.1) is 0 Å². The summed E-state index contributed by atoms with van der Waals surface area (Å²) in [5, 5.41) is 14.8. The first-order valence-corrected chi connectivity index (χ1v) is 9.49. The minimum atomic E-state index is 0.301. The van der Waals surface area contributed by atoms with Crippen LogP contribution in [0.4, 0.5) is 5.13 Å². The lowest BCUT2D eigenvalue weighted by molar-refractivity contribution is 0.326. The van der Waals surface area contributed by atoms with Gasteiger partial charge in [0, 0.05) is 30.5 Å². The van der Waals surface area contributed by atoms with Gasteiger partial charge in [-0.25, -0.2) is 0 Å². The first kappa shape index (κ1) is 16.2. The third-order valence-corrected chi connectivity index (χ3v) is 5.56. The van der Waals surface area contributed by atoms with E-state index in [1.54, 1.807) is 11.3 Å². The van der Waals surface area contributed by atoms with Gasteiger partial charge in [-0.15, -0.1) is 10.2 Å². The second-order valence-corrected chi connectivity index (χ2v) is 7.62. The number of nitrogens with zero attached hydrogens (tertiary/aromatic N) is 5. The predicted octanol–water partition coefficient (Wildman–Crippen LogP) is 4.10. The van der Waals surface area contributed by atoms with Crippen molar-refractivity contribution in [3.05, 3.63) is 42.0 Å². The third kappa shape index (κ3) is 3.42. The molecule has 0 unspecified atom stereocenters. The Morgan fingerprint density at radius 2 is 1.88 bits per heavy atom. The summed E-state index contributed by atoms with van der Waals surface area (Å²) in [4.78, 5) is 6.86. The molecule has 0 radical (unpaired) electrons. The van der Waals surface area contributed by atoms with Crippen molar-refractivity contribution in [2.75, 3.05) is 18.0 Å². The summed E-state index contributed by atoms with van der Waals surface area (Å²) in [5.41, 5.74) is 1.12. The fraction of sp³-hybridized carbons (Fsp3) is 0.444. The highest BCUT2D eigenvalue weighted by atomic mass is 32.1. The first-order chi connectivity index (χ1) is 12.2. The Labute approximate surface area is 150 Å². The molecule has 1 saturated heterocycles. The molecule has 6 nitrogen and oxygen atoms in total. The molecule has 3 aromatic rings. The maximum absolute atomic E-state index is 5.46. The third-order valence-electron chi connectivity index (χ3n) is 4.52. The second kappa shape index (κ2) is 6.92. The number of benzene rings is 1. The Kier molecular flexibility index (Phi) is 4.48. The smallest absolute Gasteiger partial charge is 0.229 e. The van der Waals surface area contributed by atoms with Crippen molar-refractivity contribution < 1.29 is 4.52 Å². The Bertz CT molecular complexity index is 821. The van der Waals surface area contributed by atoms with E-state index in [1.165, 1.54) is 0 Å². The number of rotatable bonds is 4. The van der Waals surface area contributed by atoms with Crippen LogP contribution in [0.25, 0.3) is 10.6 Å². The number of hydrogen-bond acceptors (Lipinski definition) is 7. The van der Waals surface area contributed by atoms with Gasteiger partial charge in [0.15, 0.2) is 5.82 Å². The summed E-state index contributed by atoms with van der Waals surface area (Å²) in [5.74, 6) is 2.23. The molecule has 0 amide bonds. The van der Waals surface area contributed by atoms with Crippen molar-refractivity contribution in [2.45, 2.75) is 38.5 Å². The van der Waals surface area contributed by atoms with E-state index in [9.17, 15) is 0 Å². The van der Waals surface area contributed by atoms with Crippen LogP contribution in [0.1, 0.15) is 50.2 Å². The van der Waals surface area contributed by atoms with Crippen LogP contribution in [-0.2, 0) is 0 Å². The van der Waals surface area contributed by atoms with Gasteiger partial charge in [0.2, 0.25) is 11.0 Å². The molecule has 0 bridgehead atoms. The van der Waals surface area contributed by atoms with E-state index in [0.29, 0.717) is 11.8 Å². The summed E-state index contributed by atoms with van der Waals surface area (Å²) in [6, 6.07) is 10.2. The molecule has 1 fully saturated rings. The van der Waals surface area contributed by atoms with Gasteiger partial charge in [0.1, 0.15) is 5.01 Å². The van der Waals surface area contributed by atoms with Crippen molar-refractivity contribution in [1.29, 1.82) is 0 Å². The van der Waals surface area contributed by atoms with Crippen LogP contribution >= 0.6 is 11.3 Å². The molecule has 4 rings (SSSR count). The maximum Gasteiger partial charge on any atom is 0.229 e. The highest BCUT2D eigenvalue weighted by Crippen LogP contribution is 2.33. The van der Waals surface area contributed by atoms with Gasteiger partial charge in [-0.05, 0) is 12.8 Å².